The molecule has 0 fully saturated rings. The number of benzene rings is 1. The Hall–Kier alpha value is -1.66. The number of thiophene rings is 1. The van der Waals surface area contributed by atoms with E-state index in [0.717, 1.165) is 4.88 Å². The molecule has 110 valence electrons. The Morgan fingerprint density at radius 3 is 2.71 bits per heavy atom. The molecule has 0 aliphatic rings. The quantitative estimate of drug-likeness (QED) is 0.654. The van der Waals surface area contributed by atoms with Crippen molar-refractivity contribution in [3.05, 3.63) is 52.0 Å². The van der Waals surface area contributed by atoms with Crippen molar-refractivity contribution in [3.63, 3.8) is 0 Å². The van der Waals surface area contributed by atoms with E-state index in [1.165, 1.54) is 36.1 Å². The zero-order chi connectivity index (χ0) is 15.2. The Bertz CT molecular complexity index is 655. The molecule has 6 heteroatoms. The highest BCUT2D eigenvalue weighted by molar-refractivity contribution is 8.00. The molecule has 0 atom stereocenters. The lowest BCUT2D eigenvalue weighted by molar-refractivity contribution is -0.119. The van der Waals surface area contributed by atoms with Gasteiger partial charge in [0.25, 0.3) is 0 Å². The van der Waals surface area contributed by atoms with E-state index in [9.17, 15) is 14.0 Å². The van der Waals surface area contributed by atoms with E-state index >= 15 is 0 Å². The highest BCUT2D eigenvalue weighted by atomic mass is 32.2. The number of amides is 1. The van der Waals surface area contributed by atoms with Crippen molar-refractivity contribution in [2.75, 3.05) is 5.75 Å². The highest BCUT2D eigenvalue weighted by Gasteiger charge is 2.11. The maximum Gasteiger partial charge on any atom is 0.217 e. The number of carbonyl (C=O) groups excluding carboxylic acids is 2. The SMILES string of the molecule is CC(=O)NCc1ccc(C(=O)CSc2ccccc2F)s1. The van der Waals surface area contributed by atoms with Gasteiger partial charge < -0.3 is 5.32 Å². The van der Waals surface area contributed by atoms with Crippen LogP contribution in [0.25, 0.3) is 0 Å². The third-order valence-corrected chi connectivity index (χ3v) is 4.82. The first-order valence-corrected chi connectivity index (χ1v) is 8.10. The molecular formula is C15H14FNO2S2. The average Bonchev–Trinajstić information content (AvgIpc) is 2.93. The molecular weight excluding hydrogens is 309 g/mol. The van der Waals surface area contributed by atoms with Gasteiger partial charge in [0.15, 0.2) is 5.78 Å². The number of Topliss-reactive ketones (excluding diaryl/α,β-unsaturated/α-hetero) is 1. The van der Waals surface area contributed by atoms with E-state index in [0.29, 0.717) is 16.3 Å². The van der Waals surface area contributed by atoms with Gasteiger partial charge in [0.2, 0.25) is 5.91 Å². The van der Waals surface area contributed by atoms with E-state index < -0.39 is 0 Å². The molecule has 1 N–H and O–H groups in total. The van der Waals surface area contributed by atoms with Gasteiger partial charge in [-0.2, -0.15) is 0 Å². The largest absolute Gasteiger partial charge is 0.351 e. The second kappa shape index (κ2) is 7.38. The minimum Gasteiger partial charge on any atom is -0.351 e. The van der Waals surface area contributed by atoms with Crippen LogP contribution in [0.5, 0.6) is 0 Å². The zero-order valence-corrected chi connectivity index (χ0v) is 13.0. The third-order valence-electron chi connectivity index (χ3n) is 2.64. The van der Waals surface area contributed by atoms with E-state index in [4.69, 9.17) is 0 Å². The monoisotopic (exact) mass is 323 g/mol. The summed E-state index contributed by atoms with van der Waals surface area (Å²) in [5.41, 5.74) is 0. The van der Waals surface area contributed by atoms with Crippen LogP contribution < -0.4 is 5.32 Å². The van der Waals surface area contributed by atoms with Crippen molar-refractivity contribution < 1.29 is 14.0 Å². The van der Waals surface area contributed by atoms with Crippen LogP contribution in [-0.2, 0) is 11.3 Å². The first-order chi connectivity index (χ1) is 10.1. The second-order valence-corrected chi connectivity index (χ2v) is 6.50. The maximum atomic E-state index is 13.5. The highest BCUT2D eigenvalue weighted by Crippen LogP contribution is 2.24. The van der Waals surface area contributed by atoms with Crippen molar-refractivity contribution in [3.8, 4) is 0 Å². The van der Waals surface area contributed by atoms with Crippen molar-refractivity contribution >= 4 is 34.8 Å². The predicted octanol–water partition coefficient (Wildman–Crippen LogP) is 3.50. The Labute approximate surface area is 130 Å². The molecule has 0 spiro atoms. The molecule has 1 aromatic heterocycles. The van der Waals surface area contributed by atoms with E-state index in [1.54, 1.807) is 24.3 Å². The Morgan fingerprint density at radius 2 is 2.00 bits per heavy atom. The fourth-order valence-corrected chi connectivity index (χ4v) is 3.41. The van der Waals surface area contributed by atoms with Gasteiger partial charge in [-0.3, -0.25) is 9.59 Å². The molecule has 3 nitrogen and oxygen atoms in total. The predicted molar refractivity (Wildman–Crippen MR) is 83.3 cm³/mol. The van der Waals surface area contributed by atoms with Gasteiger partial charge >= 0.3 is 0 Å². The zero-order valence-electron chi connectivity index (χ0n) is 11.4. The summed E-state index contributed by atoms with van der Waals surface area (Å²) in [4.78, 5) is 24.9. The fraction of sp³-hybridized carbons (Fsp3) is 0.200. The topological polar surface area (TPSA) is 46.2 Å². The van der Waals surface area contributed by atoms with Gasteiger partial charge in [-0.1, -0.05) is 12.1 Å². The van der Waals surface area contributed by atoms with Crippen LogP contribution >= 0.6 is 23.1 Å². The van der Waals surface area contributed by atoms with Crippen LogP contribution in [0, 0.1) is 5.82 Å². The van der Waals surface area contributed by atoms with E-state index in [2.05, 4.69) is 5.32 Å². The number of halogens is 1. The molecule has 2 aromatic rings. The molecule has 0 aliphatic carbocycles. The number of rotatable bonds is 6. The Balaban J connectivity index is 1.92. The molecule has 21 heavy (non-hydrogen) atoms. The molecule has 0 aliphatic heterocycles. The number of nitrogens with one attached hydrogen (secondary N) is 1. The first kappa shape index (κ1) is 15.7. The summed E-state index contributed by atoms with van der Waals surface area (Å²) < 4.78 is 13.5. The number of hydrogen-bond donors (Lipinski definition) is 1. The molecule has 1 amide bonds. The van der Waals surface area contributed by atoms with E-state index in [-0.39, 0.29) is 23.3 Å². The van der Waals surface area contributed by atoms with Gasteiger partial charge in [0.05, 0.1) is 17.2 Å². The van der Waals surface area contributed by atoms with Crippen LogP contribution in [0.4, 0.5) is 4.39 Å². The van der Waals surface area contributed by atoms with Gasteiger partial charge in [0, 0.05) is 16.7 Å². The van der Waals surface area contributed by atoms with Crippen molar-refractivity contribution in [1.82, 2.24) is 5.32 Å². The van der Waals surface area contributed by atoms with Crippen LogP contribution in [-0.4, -0.2) is 17.4 Å². The van der Waals surface area contributed by atoms with Crippen molar-refractivity contribution in [1.29, 1.82) is 0 Å². The van der Waals surface area contributed by atoms with Crippen LogP contribution in [0.2, 0.25) is 0 Å². The molecule has 0 saturated carbocycles. The van der Waals surface area contributed by atoms with Gasteiger partial charge in [-0.15, -0.1) is 23.1 Å². The molecule has 0 bridgehead atoms. The summed E-state index contributed by atoms with van der Waals surface area (Å²) in [7, 11) is 0. The molecule has 0 unspecified atom stereocenters. The summed E-state index contributed by atoms with van der Waals surface area (Å²) in [6.07, 6.45) is 0. The maximum absolute atomic E-state index is 13.5. The smallest absolute Gasteiger partial charge is 0.217 e. The molecule has 0 radical (unpaired) electrons. The number of ketones is 1. The Morgan fingerprint density at radius 1 is 1.24 bits per heavy atom. The average molecular weight is 323 g/mol. The standard InChI is InChI=1S/C15H14FNO2S2/c1-10(18)17-8-11-6-7-15(21-11)13(19)9-20-14-5-3-2-4-12(14)16/h2-7H,8-9H2,1H3,(H,17,18). The number of thioether (sulfide) groups is 1. The fourth-order valence-electron chi connectivity index (χ4n) is 1.61. The van der Waals surface area contributed by atoms with Crippen LogP contribution in [0.3, 0.4) is 0 Å². The van der Waals surface area contributed by atoms with Crippen LogP contribution in [0.1, 0.15) is 21.5 Å². The van der Waals surface area contributed by atoms with Gasteiger partial charge in [0.1, 0.15) is 5.82 Å². The molecule has 1 heterocycles. The third kappa shape index (κ3) is 4.68. The molecule has 0 saturated heterocycles. The molecule has 1 aromatic carbocycles. The lowest BCUT2D eigenvalue weighted by Gasteiger charge is -2.01. The van der Waals surface area contributed by atoms with Gasteiger partial charge in [-0.05, 0) is 24.3 Å². The van der Waals surface area contributed by atoms with Crippen molar-refractivity contribution in [2.24, 2.45) is 0 Å². The summed E-state index contributed by atoms with van der Waals surface area (Å²) >= 11 is 2.54. The lowest BCUT2D eigenvalue weighted by atomic mass is 10.3. The second-order valence-electron chi connectivity index (χ2n) is 4.32. The minimum atomic E-state index is -0.312. The Kier molecular flexibility index (Phi) is 5.52. The summed E-state index contributed by atoms with van der Waals surface area (Å²) in [5.74, 6) is -0.261. The van der Waals surface area contributed by atoms with Crippen molar-refractivity contribution in [2.45, 2.75) is 18.4 Å². The summed E-state index contributed by atoms with van der Waals surface area (Å²) in [5, 5.41) is 2.68. The van der Waals surface area contributed by atoms with E-state index in [1.807, 2.05) is 6.07 Å². The number of hydrogen-bond acceptors (Lipinski definition) is 4. The first-order valence-electron chi connectivity index (χ1n) is 6.30. The minimum absolute atomic E-state index is 0.0395. The van der Waals surface area contributed by atoms with Crippen LogP contribution in [0.15, 0.2) is 41.3 Å². The van der Waals surface area contributed by atoms with Gasteiger partial charge in [-0.25, -0.2) is 4.39 Å². The molecule has 2 rings (SSSR count). The lowest BCUT2D eigenvalue weighted by Crippen LogP contribution is -2.18. The normalized spacial score (nSPS) is 10.4. The number of carbonyl (C=O) groups is 2. The summed E-state index contributed by atoms with van der Waals surface area (Å²) in [6, 6.07) is 9.96. The summed E-state index contributed by atoms with van der Waals surface area (Å²) in [6.45, 7) is 1.87.